The van der Waals surface area contributed by atoms with Gasteiger partial charge in [-0.3, -0.25) is 4.98 Å². The highest BCUT2D eigenvalue weighted by Gasteiger charge is 2.05. The molecule has 0 fully saturated rings. The van der Waals surface area contributed by atoms with Gasteiger partial charge in [0.25, 0.3) is 6.16 Å². The number of nitrogens with zero attached hydrogens (tertiary/aromatic N) is 1. The molecular formula is C14H14NO3-. The van der Waals surface area contributed by atoms with Crippen LogP contribution in [0.25, 0.3) is 10.9 Å². The fourth-order valence-electron chi connectivity index (χ4n) is 1.86. The molecule has 0 N–H and O–H groups in total. The molecule has 18 heavy (non-hydrogen) atoms. The molecule has 94 valence electrons. The van der Waals surface area contributed by atoms with E-state index in [0.717, 1.165) is 17.5 Å². The van der Waals surface area contributed by atoms with E-state index in [9.17, 15) is 9.90 Å². The van der Waals surface area contributed by atoms with Gasteiger partial charge in [0.05, 0.1) is 11.3 Å². The number of carbonyl (C=O) groups excluding carboxylic acids is 1. The molecule has 0 amide bonds. The third-order valence-electron chi connectivity index (χ3n) is 2.55. The minimum absolute atomic E-state index is 0.220. The predicted molar refractivity (Wildman–Crippen MR) is 66.3 cm³/mol. The summed E-state index contributed by atoms with van der Waals surface area (Å²) < 4.78 is 4.63. The molecule has 0 bridgehead atoms. The van der Waals surface area contributed by atoms with Gasteiger partial charge < -0.3 is 14.6 Å². The molecule has 1 aromatic heterocycles. The summed E-state index contributed by atoms with van der Waals surface area (Å²) >= 11 is 0. The summed E-state index contributed by atoms with van der Waals surface area (Å²) in [4.78, 5) is 15.0. The maximum atomic E-state index is 10.5. The van der Waals surface area contributed by atoms with Gasteiger partial charge in [0, 0.05) is 11.1 Å². The van der Waals surface area contributed by atoms with Crippen LogP contribution in [0.4, 0.5) is 4.79 Å². The monoisotopic (exact) mass is 244 g/mol. The Labute approximate surface area is 105 Å². The van der Waals surface area contributed by atoms with Crippen LogP contribution in [0.3, 0.4) is 0 Å². The minimum Gasteiger partial charge on any atom is -0.512 e. The molecule has 2 aromatic rings. The van der Waals surface area contributed by atoms with Crippen molar-refractivity contribution < 1.29 is 14.6 Å². The molecule has 0 aliphatic heterocycles. The van der Waals surface area contributed by atoms with Crippen molar-refractivity contribution in [2.24, 2.45) is 5.92 Å². The summed E-state index contributed by atoms with van der Waals surface area (Å²) in [6.45, 7) is 4.21. The fraction of sp³-hybridized carbons (Fsp3) is 0.286. The highest BCUT2D eigenvalue weighted by atomic mass is 16.7. The summed E-state index contributed by atoms with van der Waals surface area (Å²) in [5.74, 6) is 0.710. The molecule has 0 aliphatic rings. The molecule has 0 atom stereocenters. The number of pyridine rings is 1. The Morgan fingerprint density at radius 3 is 2.78 bits per heavy atom. The lowest BCUT2D eigenvalue weighted by molar-refractivity contribution is -0.271. The van der Waals surface area contributed by atoms with E-state index in [1.807, 2.05) is 18.2 Å². The molecule has 0 unspecified atom stereocenters. The van der Waals surface area contributed by atoms with Crippen LogP contribution >= 0.6 is 0 Å². The maximum Gasteiger partial charge on any atom is 0.257 e. The number of para-hydroxylation sites is 1. The normalized spacial score (nSPS) is 10.8. The number of hydrogen-bond acceptors (Lipinski definition) is 4. The van der Waals surface area contributed by atoms with Crippen LogP contribution in [-0.4, -0.2) is 11.1 Å². The molecule has 4 heteroatoms. The summed E-state index contributed by atoms with van der Waals surface area (Å²) in [5, 5.41) is 11.4. The van der Waals surface area contributed by atoms with Gasteiger partial charge in [-0.1, -0.05) is 32.0 Å². The van der Waals surface area contributed by atoms with Gasteiger partial charge in [-0.2, -0.15) is 0 Å². The zero-order chi connectivity index (χ0) is 13.1. The Kier molecular flexibility index (Phi) is 3.46. The first kappa shape index (κ1) is 12.4. The largest absolute Gasteiger partial charge is 0.512 e. The van der Waals surface area contributed by atoms with Crippen LogP contribution in [0, 0.1) is 5.92 Å². The second kappa shape index (κ2) is 5.04. The van der Waals surface area contributed by atoms with Crippen molar-refractivity contribution in [3.05, 3.63) is 36.0 Å². The second-order valence-electron chi connectivity index (χ2n) is 4.58. The smallest absolute Gasteiger partial charge is 0.257 e. The molecule has 4 nitrogen and oxygen atoms in total. The van der Waals surface area contributed by atoms with Crippen molar-refractivity contribution in [3.63, 3.8) is 0 Å². The average molecular weight is 244 g/mol. The first-order chi connectivity index (χ1) is 8.56. The predicted octanol–water partition coefficient (Wildman–Crippen LogP) is 2.16. The lowest BCUT2D eigenvalue weighted by atomic mass is 10.1. The van der Waals surface area contributed by atoms with E-state index in [2.05, 4.69) is 23.6 Å². The second-order valence-corrected chi connectivity index (χ2v) is 4.58. The minimum atomic E-state index is -1.57. The topological polar surface area (TPSA) is 62.2 Å². The molecular weight excluding hydrogens is 230 g/mol. The Morgan fingerprint density at radius 2 is 2.11 bits per heavy atom. The van der Waals surface area contributed by atoms with Gasteiger partial charge in [0.15, 0.2) is 0 Å². The summed E-state index contributed by atoms with van der Waals surface area (Å²) in [6, 6.07) is 9.03. The maximum absolute atomic E-state index is 10.5. The van der Waals surface area contributed by atoms with Crippen molar-refractivity contribution in [1.29, 1.82) is 0 Å². The van der Waals surface area contributed by atoms with Crippen LogP contribution < -0.4 is 9.84 Å². The average Bonchev–Trinajstić information content (AvgIpc) is 2.28. The van der Waals surface area contributed by atoms with Crippen LogP contribution in [0.2, 0.25) is 0 Å². The molecule has 0 aliphatic carbocycles. The highest BCUT2D eigenvalue weighted by Crippen LogP contribution is 2.24. The fourth-order valence-corrected chi connectivity index (χ4v) is 1.86. The molecule has 1 aromatic carbocycles. The van der Waals surface area contributed by atoms with Gasteiger partial charge in [0.1, 0.15) is 0 Å². The third-order valence-corrected chi connectivity index (χ3v) is 2.55. The number of aromatic nitrogens is 1. The van der Waals surface area contributed by atoms with Crippen LogP contribution in [0.1, 0.15) is 19.5 Å². The van der Waals surface area contributed by atoms with Crippen molar-refractivity contribution in [3.8, 4) is 5.75 Å². The Morgan fingerprint density at radius 1 is 1.33 bits per heavy atom. The van der Waals surface area contributed by atoms with E-state index in [1.54, 1.807) is 12.1 Å². The zero-order valence-corrected chi connectivity index (χ0v) is 10.3. The van der Waals surface area contributed by atoms with Crippen molar-refractivity contribution in [1.82, 2.24) is 4.98 Å². The SMILES string of the molecule is CC(C)Cc1ccc2cccc(OC(=O)[O-])c2n1. The lowest BCUT2D eigenvalue weighted by Crippen LogP contribution is -2.26. The molecule has 0 radical (unpaired) electrons. The third kappa shape index (κ3) is 2.77. The van der Waals surface area contributed by atoms with Crippen LogP contribution in [-0.2, 0) is 6.42 Å². The lowest BCUT2D eigenvalue weighted by Gasteiger charge is -2.12. The first-order valence-electron chi connectivity index (χ1n) is 5.83. The number of fused-ring (bicyclic) bond motifs is 1. The van der Waals surface area contributed by atoms with Gasteiger partial charge >= 0.3 is 0 Å². The van der Waals surface area contributed by atoms with Crippen molar-refractivity contribution in [2.45, 2.75) is 20.3 Å². The molecule has 0 saturated heterocycles. The molecule has 2 rings (SSSR count). The zero-order valence-electron chi connectivity index (χ0n) is 10.3. The Balaban J connectivity index is 2.47. The number of ether oxygens (including phenoxy) is 1. The quantitative estimate of drug-likeness (QED) is 0.613. The number of carbonyl (C=O) groups is 1. The molecule has 0 saturated carbocycles. The van der Waals surface area contributed by atoms with Gasteiger partial charge in [-0.15, -0.1) is 0 Å². The van der Waals surface area contributed by atoms with Gasteiger partial charge in [-0.05, 0) is 24.5 Å². The summed E-state index contributed by atoms with van der Waals surface area (Å²) in [7, 11) is 0. The number of benzene rings is 1. The number of carboxylic acid groups (broad SMARTS) is 1. The molecule has 0 spiro atoms. The van der Waals surface area contributed by atoms with E-state index in [1.165, 1.54) is 0 Å². The standard InChI is InChI=1S/C14H15NO3/c1-9(2)8-11-7-6-10-4-3-5-12(13(10)15-11)18-14(16)17/h3-7,9H,8H2,1-2H3,(H,16,17)/p-1. The van der Waals surface area contributed by atoms with E-state index in [0.29, 0.717) is 11.4 Å². The van der Waals surface area contributed by atoms with Crippen molar-refractivity contribution in [2.75, 3.05) is 0 Å². The van der Waals surface area contributed by atoms with Crippen LogP contribution in [0.5, 0.6) is 5.75 Å². The summed E-state index contributed by atoms with van der Waals surface area (Å²) in [5.41, 5.74) is 1.48. The molecule has 1 heterocycles. The first-order valence-corrected chi connectivity index (χ1v) is 5.83. The van der Waals surface area contributed by atoms with E-state index >= 15 is 0 Å². The van der Waals surface area contributed by atoms with E-state index in [4.69, 9.17) is 0 Å². The Hall–Kier alpha value is -2.10. The Bertz CT molecular complexity index is 578. The van der Waals surface area contributed by atoms with E-state index in [-0.39, 0.29) is 5.75 Å². The highest BCUT2D eigenvalue weighted by molar-refractivity contribution is 5.86. The van der Waals surface area contributed by atoms with Gasteiger partial charge in [-0.25, -0.2) is 0 Å². The van der Waals surface area contributed by atoms with Crippen LogP contribution in [0.15, 0.2) is 30.3 Å². The number of hydrogen-bond donors (Lipinski definition) is 0. The van der Waals surface area contributed by atoms with Gasteiger partial charge in [0.2, 0.25) is 0 Å². The number of rotatable bonds is 3. The van der Waals surface area contributed by atoms with Crippen molar-refractivity contribution >= 4 is 17.1 Å². The summed E-state index contributed by atoms with van der Waals surface area (Å²) in [6.07, 6.45) is -0.728. The van der Waals surface area contributed by atoms with E-state index < -0.39 is 6.16 Å².